The van der Waals surface area contributed by atoms with Gasteiger partial charge in [0.15, 0.2) is 5.65 Å². The summed E-state index contributed by atoms with van der Waals surface area (Å²) in [6.07, 6.45) is 1.44. The number of pyridine rings is 1. The fourth-order valence-electron chi connectivity index (χ4n) is 2.71. The van der Waals surface area contributed by atoms with E-state index in [1.807, 2.05) is 0 Å². The molecule has 0 bridgehead atoms. The molecule has 0 unspecified atom stereocenters. The summed E-state index contributed by atoms with van der Waals surface area (Å²) in [5.41, 5.74) is -0.984. The molecule has 1 amide bonds. The molecule has 0 aliphatic heterocycles. The fourth-order valence-corrected chi connectivity index (χ4v) is 2.71. The van der Waals surface area contributed by atoms with Gasteiger partial charge >= 0.3 is 5.69 Å². The van der Waals surface area contributed by atoms with Crippen LogP contribution in [0.1, 0.15) is 6.92 Å². The van der Waals surface area contributed by atoms with Crippen molar-refractivity contribution in [3.63, 3.8) is 0 Å². The minimum atomic E-state index is -0.692. The normalized spacial score (nSPS) is 10.8. The molecule has 2 aromatic heterocycles. The Balaban J connectivity index is 2.04. The number of aryl methyl sites for hydroxylation is 1. The van der Waals surface area contributed by atoms with Crippen molar-refractivity contribution in [3.8, 4) is 5.75 Å². The zero-order chi connectivity index (χ0) is 19.6. The quantitative estimate of drug-likeness (QED) is 0.728. The van der Waals surface area contributed by atoms with Gasteiger partial charge in [0.25, 0.3) is 5.56 Å². The summed E-state index contributed by atoms with van der Waals surface area (Å²) in [5, 5.41) is 2.57. The van der Waals surface area contributed by atoms with Crippen molar-refractivity contribution in [1.82, 2.24) is 14.1 Å². The molecule has 0 radical (unpaired) electrons. The number of aromatic nitrogens is 3. The zero-order valence-electron chi connectivity index (χ0n) is 14.7. The second-order valence-corrected chi connectivity index (χ2v) is 5.73. The van der Waals surface area contributed by atoms with Crippen molar-refractivity contribution in [2.75, 3.05) is 11.9 Å². The molecule has 0 saturated carbocycles. The number of hydrogen-bond acceptors (Lipinski definition) is 5. The topological polar surface area (TPSA) is 95.2 Å². The van der Waals surface area contributed by atoms with Crippen LogP contribution in [0, 0.1) is 5.82 Å². The molecule has 0 spiro atoms. The summed E-state index contributed by atoms with van der Waals surface area (Å²) in [4.78, 5) is 41.7. The number of anilines is 1. The van der Waals surface area contributed by atoms with Crippen molar-refractivity contribution < 1.29 is 13.9 Å². The van der Waals surface area contributed by atoms with E-state index in [0.29, 0.717) is 6.61 Å². The fraction of sp³-hybridized carbons (Fsp3) is 0.222. The molecule has 2 heterocycles. The van der Waals surface area contributed by atoms with Gasteiger partial charge < -0.3 is 10.1 Å². The van der Waals surface area contributed by atoms with E-state index in [0.717, 1.165) is 10.6 Å². The van der Waals surface area contributed by atoms with Gasteiger partial charge in [-0.1, -0.05) is 6.07 Å². The standard InChI is InChI=1S/C18H17FN4O4/c1-3-27-13-7-8-20-16-15(13)17(25)23(18(26)22(16)2)10-14(24)21-12-6-4-5-11(19)9-12/h4-9H,3,10H2,1-2H3,(H,21,24). The minimum Gasteiger partial charge on any atom is -0.493 e. The van der Waals surface area contributed by atoms with Gasteiger partial charge in [-0.2, -0.15) is 0 Å². The third kappa shape index (κ3) is 3.57. The minimum absolute atomic E-state index is 0.111. The van der Waals surface area contributed by atoms with E-state index in [-0.39, 0.29) is 22.5 Å². The summed E-state index contributed by atoms with van der Waals surface area (Å²) in [6.45, 7) is 1.55. The molecule has 9 heteroatoms. The summed E-state index contributed by atoms with van der Waals surface area (Å²) in [5.74, 6) is -0.873. The lowest BCUT2D eigenvalue weighted by Crippen LogP contribution is -2.42. The van der Waals surface area contributed by atoms with Crippen molar-refractivity contribution in [1.29, 1.82) is 0 Å². The molecule has 1 N–H and O–H groups in total. The van der Waals surface area contributed by atoms with Gasteiger partial charge in [-0.25, -0.2) is 18.7 Å². The molecule has 0 fully saturated rings. The van der Waals surface area contributed by atoms with Crippen molar-refractivity contribution in [3.05, 3.63) is 63.2 Å². The molecular formula is C18H17FN4O4. The number of ether oxygens (including phenoxy) is 1. The van der Waals surface area contributed by atoms with Gasteiger partial charge in [-0.3, -0.25) is 14.2 Å². The van der Waals surface area contributed by atoms with Gasteiger partial charge in [0, 0.05) is 18.9 Å². The van der Waals surface area contributed by atoms with E-state index in [2.05, 4.69) is 10.3 Å². The molecule has 0 aliphatic carbocycles. The number of halogens is 1. The summed E-state index contributed by atoms with van der Waals surface area (Å²) in [7, 11) is 1.45. The van der Waals surface area contributed by atoms with Crippen LogP contribution >= 0.6 is 0 Å². The van der Waals surface area contributed by atoms with Gasteiger partial charge in [0.05, 0.1) is 6.61 Å². The van der Waals surface area contributed by atoms with Crippen LogP contribution in [-0.4, -0.2) is 26.6 Å². The summed E-state index contributed by atoms with van der Waals surface area (Å²) < 4.78 is 20.7. The van der Waals surface area contributed by atoms with E-state index < -0.39 is 29.5 Å². The van der Waals surface area contributed by atoms with E-state index in [4.69, 9.17) is 4.74 Å². The average molecular weight is 372 g/mol. The van der Waals surface area contributed by atoms with Crippen LogP contribution in [0.15, 0.2) is 46.1 Å². The number of nitrogens with zero attached hydrogens (tertiary/aromatic N) is 3. The Kier molecular flexibility index (Phi) is 5.02. The van der Waals surface area contributed by atoms with Crippen LogP contribution in [0.4, 0.5) is 10.1 Å². The largest absolute Gasteiger partial charge is 0.493 e. The SMILES string of the molecule is CCOc1ccnc2c1c(=O)n(CC(=O)Nc1cccc(F)c1)c(=O)n2C. The molecule has 8 nitrogen and oxygen atoms in total. The maximum atomic E-state index is 13.2. The third-order valence-electron chi connectivity index (χ3n) is 3.90. The highest BCUT2D eigenvalue weighted by molar-refractivity contribution is 5.90. The van der Waals surface area contributed by atoms with Crippen LogP contribution in [0.2, 0.25) is 0 Å². The molecule has 3 rings (SSSR count). The van der Waals surface area contributed by atoms with E-state index in [1.54, 1.807) is 6.92 Å². The number of fused-ring (bicyclic) bond motifs is 1. The second kappa shape index (κ2) is 7.40. The van der Waals surface area contributed by atoms with Crippen molar-refractivity contribution in [2.24, 2.45) is 7.05 Å². The number of hydrogen-bond donors (Lipinski definition) is 1. The van der Waals surface area contributed by atoms with E-state index >= 15 is 0 Å². The number of nitrogens with one attached hydrogen (secondary N) is 1. The molecule has 0 saturated heterocycles. The second-order valence-electron chi connectivity index (χ2n) is 5.73. The molecular weight excluding hydrogens is 355 g/mol. The highest BCUT2D eigenvalue weighted by Crippen LogP contribution is 2.19. The summed E-state index contributed by atoms with van der Waals surface area (Å²) >= 11 is 0. The first-order chi connectivity index (χ1) is 12.9. The van der Waals surface area contributed by atoms with Crippen LogP contribution in [-0.2, 0) is 18.4 Å². The maximum absolute atomic E-state index is 13.2. The highest BCUT2D eigenvalue weighted by Gasteiger charge is 2.18. The van der Waals surface area contributed by atoms with Crippen LogP contribution in [0.25, 0.3) is 11.0 Å². The van der Waals surface area contributed by atoms with E-state index in [9.17, 15) is 18.8 Å². The molecule has 0 aliphatic rings. The average Bonchev–Trinajstić information content (AvgIpc) is 2.63. The Morgan fingerprint density at radius 3 is 2.78 bits per heavy atom. The van der Waals surface area contributed by atoms with Crippen molar-refractivity contribution in [2.45, 2.75) is 13.5 Å². The van der Waals surface area contributed by atoms with Crippen LogP contribution in [0.5, 0.6) is 5.75 Å². The first-order valence-corrected chi connectivity index (χ1v) is 8.19. The van der Waals surface area contributed by atoms with Gasteiger partial charge in [-0.15, -0.1) is 0 Å². The lowest BCUT2D eigenvalue weighted by molar-refractivity contribution is -0.116. The monoisotopic (exact) mass is 372 g/mol. The Hall–Kier alpha value is -3.49. The molecule has 27 heavy (non-hydrogen) atoms. The maximum Gasteiger partial charge on any atom is 0.332 e. The van der Waals surface area contributed by atoms with Gasteiger partial charge in [-0.05, 0) is 31.2 Å². The van der Waals surface area contributed by atoms with Crippen LogP contribution < -0.4 is 21.3 Å². The zero-order valence-corrected chi connectivity index (χ0v) is 14.7. The lowest BCUT2D eigenvalue weighted by Gasteiger charge is -2.12. The number of amides is 1. The first-order valence-electron chi connectivity index (χ1n) is 8.19. The Morgan fingerprint density at radius 2 is 2.07 bits per heavy atom. The number of carbonyl (C=O) groups is 1. The third-order valence-corrected chi connectivity index (χ3v) is 3.90. The van der Waals surface area contributed by atoms with Crippen LogP contribution in [0.3, 0.4) is 0 Å². The first kappa shape index (κ1) is 18.3. The van der Waals surface area contributed by atoms with Gasteiger partial charge in [0.2, 0.25) is 5.91 Å². The Labute approximate surface area is 152 Å². The van der Waals surface area contributed by atoms with E-state index in [1.165, 1.54) is 42.1 Å². The predicted molar refractivity (Wildman–Crippen MR) is 97.4 cm³/mol. The number of carbonyl (C=O) groups excluding carboxylic acids is 1. The molecule has 1 aromatic carbocycles. The number of benzene rings is 1. The summed E-state index contributed by atoms with van der Waals surface area (Å²) in [6, 6.07) is 6.83. The van der Waals surface area contributed by atoms with Gasteiger partial charge in [0.1, 0.15) is 23.5 Å². The molecule has 3 aromatic rings. The molecule has 0 atom stereocenters. The highest BCUT2D eigenvalue weighted by atomic mass is 19.1. The van der Waals surface area contributed by atoms with Crippen molar-refractivity contribution >= 4 is 22.6 Å². The molecule has 140 valence electrons. The smallest absolute Gasteiger partial charge is 0.332 e. The lowest BCUT2D eigenvalue weighted by atomic mass is 10.3. The Morgan fingerprint density at radius 1 is 1.30 bits per heavy atom. The number of rotatable bonds is 5. The predicted octanol–water partition coefficient (Wildman–Crippen LogP) is 1.27. The Bertz CT molecular complexity index is 1140.